The molecule has 0 aliphatic rings. The van der Waals surface area contributed by atoms with Gasteiger partial charge in [-0.25, -0.2) is 4.98 Å². The zero-order chi connectivity index (χ0) is 13.7. The van der Waals surface area contributed by atoms with Crippen LogP contribution in [0.4, 0.5) is 0 Å². The molecule has 0 radical (unpaired) electrons. The summed E-state index contributed by atoms with van der Waals surface area (Å²) in [6.07, 6.45) is -1.57. The van der Waals surface area contributed by atoms with Crippen LogP contribution in [0.5, 0.6) is 5.88 Å². The third kappa shape index (κ3) is 3.56. The molecular weight excluding hydrogens is 262 g/mol. The minimum Gasteiger partial charge on any atom is -0.480 e. The fourth-order valence-electron chi connectivity index (χ4n) is 1.34. The van der Waals surface area contributed by atoms with E-state index in [1.54, 1.807) is 0 Å². The Bertz CT molecular complexity index is 426. The Morgan fingerprint density at radius 3 is 2.67 bits per heavy atom. The van der Waals surface area contributed by atoms with Crippen molar-refractivity contribution in [1.29, 1.82) is 0 Å². The summed E-state index contributed by atoms with van der Waals surface area (Å²) in [7, 11) is 2.61. The van der Waals surface area contributed by atoms with E-state index in [9.17, 15) is 15.0 Å². The molecule has 0 amide bonds. The van der Waals surface area contributed by atoms with Gasteiger partial charge in [-0.2, -0.15) is 0 Å². The van der Waals surface area contributed by atoms with Crippen LogP contribution in [0.2, 0.25) is 5.02 Å². The predicted octanol–water partition coefficient (Wildman–Crippen LogP) is 0.701. The van der Waals surface area contributed by atoms with Crippen molar-refractivity contribution in [3.8, 4) is 5.88 Å². The molecule has 6 nitrogen and oxygen atoms in total. The van der Waals surface area contributed by atoms with Crippen LogP contribution in [0, 0.1) is 0 Å². The number of hydrogen-bond donors (Lipinski definition) is 2. The highest BCUT2D eigenvalue weighted by Crippen LogP contribution is 2.26. The Balaban J connectivity index is 2.80. The first kappa shape index (κ1) is 14.7. The molecule has 0 spiro atoms. The number of hydrogen-bond acceptors (Lipinski definition) is 6. The van der Waals surface area contributed by atoms with Gasteiger partial charge >= 0.3 is 5.97 Å². The van der Waals surface area contributed by atoms with Gasteiger partial charge in [-0.15, -0.1) is 0 Å². The van der Waals surface area contributed by atoms with Crippen molar-refractivity contribution in [3.63, 3.8) is 0 Å². The maximum absolute atomic E-state index is 11.0. The summed E-state index contributed by atoms with van der Waals surface area (Å²) < 4.78 is 9.26. The normalized spacial score (nSPS) is 13.8. The van der Waals surface area contributed by atoms with E-state index in [1.807, 2.05) is 0 Å². The number of carbonyl (C=O) groups is 1. The lowest BCUT2D eigenvalue weighted by atomic mass is 10.0. The molecule has 1 heterocycles. The zero-order valence-corrected chi connectivity index (χ0v) is 10.7. The minimum atomic E-state index is -1.29. The molecule has 2 unspecified atom stereocenters. The molecule has 0 aliphatic carbocycles. The minimum absolute atomic E-state index is 0.208. The second-order valence-electron chi connectivity index (χ2n) is 3.55. The van der Waals surface area contributed by atoms with Gasteiger partial charge in [-0.05, 0) is 6.07 Å². The van der Waals surface area contributed by atoms with Crippen LogP contribution in [-0.2, 0) is 9.53 Å². The number of rotatable bonds is 5. The van der Waals surface area contributed by atoms with Crippen molar-refractivity contribution in [2.75, 3.05) is 14.2 Å². The standard InChI is InChI=1S/C11H14ClNO5/c1-17-9(15)4-8(14)10(16)6-3-7(12)11(18-2)13-5-6/h3,5,8,10,14,16H,4H2,1-2H3. The quantitative estimate of drug-likeness (QED) is 0.769. The lowest BCUT2D eigenvalue weighted by Gasteiger charge is -2.17. The summed E-state index contributed by atoms with van der Waals surface area (Å²) in [5, 5.41) is 19.7. The molecule has 2 atom stereocenters. The van der Waals surface area contributed by atoms with Crippen molar-refractivity contribution in [2.24, 2.45) is 0 Å². The topological polar surface area (TPSA) is 88.9 Å². The van der Waals surface area contributed by atoms with Crippen LogP contribution in [-0.4, -0.2) is 41.5 Å². The van der Waals surface area contributed by atoms with E-state index in [1.165, 1.54) is 26.5 Å². The van der Waals surface area contributed by atoms with Crippen molar-refractivity contribution in [1.82, 2.24) is 4.98 Å². The van der Waals surface area contributed by atoms with Gasteiger partial charge in [0.25, 0.3) is 0 Å². The number of pyridine rings is 1. The van der Waals surface area contributed by atoms with Gasteiger partial charge in [-0.1, -0.05) is 11.6 Å². The van der Waals surface area contributed by atoms with Gasteiger partial charge < -0.3 is 19.7 Å². The van der Waals surface area contributed by atoms with Gasteiger partial charge in [0.1, 0.15) is 11.1 Å². The number of nitrogens with zero attached hydrogens (tertiary/aromatic N) is 1. The molecule has 2 N–H and O–H groups in total. The average Bonchev–Trinajstić information content (AvgIpc) is 2.37. The van der Waals surface area contributed by atoms with Gasteiger partial charge in [0.05, 0.1) is 26.7 Å². The average molecular weight is 276 g/mol. The van der Waals surface area contributed by atoms with Crippen molar-refractivity contribution in [3.05, 3.63) is 22.8 Å². The molecule has 1 aromatic rings. The Kier molecular flexibility index (Phi) is 5.33. The highest BCUT2D eigenvalue weighted by atomic mass is 35.5. The molecule has 1 aromatic heterocycles. The maximum atomic E-state index is 11.0. The number of aromatic nitrogens is 1. The Morgan fingerprint density at radius 2 is 2.17 bits per heavy atom. The first-order chi connectivity index (χ1) is 8.49. The van der Waals surface area contributed by atoms with Crippen LogP contribution < -0.4 is 4.74 Å². The highest BCUT2D eigenvalue weighted by Gasteiger charge is 2.23. The second kappa shape index (κ2) is 6.53. The van der Waals surface area contributed by atoms with E-state index < -0.39 is 18.2 Å². The molecule has 100 valence electrons. The number of aliphatic hydroxyl groups excluding tert-OH is 2. The monoisotopic (exact) mass is 275 g/mol. The Labute approximate surface area is 109 Å². The molecular formula is C11H14ClNO5. The Morgan fingerprint density at radius 1 is 1.50 bits per heavy atom. The summed E-state index contributed by atoms with van der Waals surface area (Å²) in [6, 6.07) is 1.42. The number of methoxy groups -OCH3 is 2. The molecule has 0 aromatic carbocycles. The van der Waals surface area contributed by atoms with Gasteiger partial charge in [0.15, 0.2) is 0 Å². The van der Waals surface area contributed by atoms with Crippen LogP contribution >= 0.6 is 11.6 Å². The van der Waals surface area contributed by atoms with Crippen LogP contribution in [0.25, 0.3) is 0 Å². The van der Waals surface area contributed by atoms with E-state index in [4.69, 9.17) is 16.3 Å². The number of ether oxygens (including phenoxy) is 2. The van der Waals surface area contributed by atoms with Gasteiger partial charge in [-0.3, -0.25) is 4.79 Å². The Hall–Kier alpha value is -1.37. The lowest BCUT2D eigenvalue weighted by Crippen LogP contribution is -2.22. The van der Waals surface area contributed by atoms with Gasteiger partial charge in [0, 0.05) is 11.8 Å². The molecule has 0 saturated carbocycles. The molecule has 0 saturated heterocycles. The fraction of sp³-hybridized carbons (Fsp3) is 0.455. The molecule has 7 heteroatoms. The first-order valence-corrected chi connectivity index (χ1v) is 5.49. The third-order valence-electron chi connectivity index (χ3n) is 2.33. The van der Waals surface area contributed by atoms with E-state index in [-0.39, 0.29) is 22.9 Å². The predicted molar refractivity (Wildman–Crippen MR) is 63.4 cm³/mol. The number of esters is 1. The maximum Gasteiger partial charge on any atom is 0.308 e. The highest BCUT2D eigenvalue weighted by molar-refractivity contribution is 6.31. The SMILES string of the molecule is COC(=O)CC(O)C(O)c1cnc(OC)c(Cl)c1. The molecule has 0 fully saturated rings. The second-order valence-corrected chi connectivity index (χ2v) is 3.96. The van der Waals surface area contributed by atoms with E-state index in [2.05, 4.69) is 9.72 Å². The smallest absolute Gasteiger partial charge is 0.308 e. The van der Waals surface area contributed by atoms with Crippen LogP contribution in [0.3, 0.4) is 0 Å². The van der Waals surface area contributed by atoms with Crippen LogP contribution in [0.1, 0.15) is 18.1 Å². The molecule has 0 aliphatic heterocycles. The summed E-state index contributed by atoms with van der Waals surface area (Å²) in [5.74, 6) is -0.399. The third-order valence-corrected chi connectivity index (χ3v) is 2.60. The largest absolute Gasteiger partial charge is 0.480 e. The molecule has 18 heavy (non-hydrogen) atoms. The van der Waals surface area contributed by atoms with Gasteiger partial charge in [0.2, 0.25) is 5.88 Å². The summed E-state index contributed by atoms with van der Waals surface area (Å²) in [4.78, 5) is 14.8. The number of aliphatic hydroxyl groups is 2. The lowest BCUT2D eigenvalue weighted by molar-refractivity contribution is -0.144. The number of carbonyl (C=O) groups excluding carboxylic acids is 1. The fourth-order valence-corrected chi connectivity index (χ4v) is 1.59. The van der Waals surface area contributed by atoms with E-state index >= 15 is 0 Å². The van der Waals surface area contributed by atoms with Crippen molar-refractivity contribution in [2.45, 2.75) is 18.6 Å². The summed E-state index contributed by atoms with van der Waals surface area (Å²) in [5.41, 5.74) is 0.289. The number of halogens is 1. The zero-order valence-electron chi connectivity index (χ0n) is 9.96. The first-order valence-electron chi connectivity index (χ1n) is 5.12. The van der Waals surface area contributed by atoms with Crippen LogP contribution in [0.15, 0.2) is 12.3 Å². The van der Waals surface area contributed by atoms with E-state index in [0.717, 1.165) is 0 Å². The van der Waals surface area contributed by atoms with Crippen molar-refractivity contribution >= 4 is 17.6 Å². The summed E-state index contributed by atoms with van der Waals surface area (Å²) in [6.45, 7) is 0. The molecule has 1 rings (SSSR count). The van der Waals surface area contributed by atoms with Crippen molar-refractivity contribution < 1.29 is 24.5 Å². The van der Waals surface area contributed by atoms with E-state index in [0.29, 0.717) is 0 Å². The molecule has 0 bridgehead atoms. The summed E-state index contributed by atoms with van der Waals surface area (Å²) >= 11 is 5.84.